The molecule has 1 fully saturated rings. The summed E-state index contributed by atoms with van der Waals surface area (Å²) in [5.41, 5.74) is 1.35. The fourth-order valence-electron chi connectivity index (χ4n) is 4.42. The van der Waals surface area contributed by atoms with E-state index in [1.165, 1.54) is 0 Å². The normalized spacial score (nSPS) is 16.4. The molecular weight excluding hydrogens is 472 g/mol. The molecule has 0 saturated carbocycles. The number of aryl methyl sites for hydroxylation is 1. The van der Waals surface area contributed by atoms with Gasteiger partial charge in [0.25, 0.3) is 5.91 Å². The smallest absolute Gasteiger partial charge is 0.408 e. The molecule has 1 aliphatic heterocycles. The standard InChI is InChI=1S/C29H40N2O6/c1-7-8-17-36-29(23-12-10-9-11-20(23)2)18-31(19-29)26(33)25(37-27(34)30-28(3,4)5)24(32)21-13-15-22(35-6)16-14-21/h9-16,24-25,32H,7-8,17-19H2,1-6H3,(H,30,34). The monoisotopic (exact) mass is 512 g/mol. The van der Waals surface area contributed by atoms with Crippen molar-refractivity contribution in [3.63, 3.8) is 0 Å². The van der Waals surface area contributed by atoms with Gasteiger partial charge in [-0.25, -0.2) is 4.79 Å². The predicted octanol–water partition coefficient (Wildman–Crippen LogP) is 4.48. The van der Waals surface area contributed by atoms with Crippen LogP contribution in [0.3, 0.4) is 0 Å². The van der Waals surface area contributed by atoms with Crippen LogP contribution in [0.15, 0.2) is 48.5 Å². The Kier molecular flexibility index (Phi) is 9.21. The molecule has 8 nitrogen and oxygen atoms in total. The van der Waals surface area contributed by atoms with Crippen LogP contribution in [0.1, 0.15) is 63.3 Å². The van der Waals surface area contributed by atoms with E-state index in [9.17, 15) is 14.7 Å². The molecule has 2 N–H and O–H groups in total. The lowest BCUT2D eigenvalue weighted by atomic mass is 9.82. The van der Waals surface area contributed by atoms with Crippen molar-refractivity contribution in [3.05, 3.63) is 65.2 Å². The van der Waals surface area contributed by atoms with Crippen molar-refractivity contribution < 1.29 is 28.9 Å². The summed E-state index contributed by atoms with van der Waals surface area (Å²) >= 11 is 0. The number of hydrogen-bond donors (Lipinski definition) is 2. The van der Waals surface area contributed by atoms with E-state index in [-0.39, 0.29) is 0 Å². The van der Waals surface area contributed by atoms with Gasteiger partial charge in [0.2, 0.25) is 6.10 Å². The Balaban J connectivity index is 1.84. The minimum atomic E-state index is -1.43. The first-order chi connectivity index (χ1) is 17.5. The van der Waals surface area contributed by atoms with Gasteiger partial charge in [0, 0.05) is 12.1 Å². The highest BCUT2D eigenvalue weighted by molar-refractivity contribution is 5.85. The van der Waals surface area contributed by atoms with Crippen molar-refractivity contribution in [3.8, 4) is 5.75 Å². The summed E-state index contributed by atoms with van der Waals surface area (Å²) < 4.78 is 17.1. The third-order valence-corrected chi connectivity index (χ3v) is 6.41. The highest BCUT2D eigenvalue weighted by atomic mass is 16.6. The SMILES string of the molecule is CCCCOC1(c2ccccc2C)CN(C(=O)C(OC(=O)NC(C)(C)C)C(O)c2ccc(OC)cc2)C1. The van der Waals surface area contributed by atoms with Crippen molar-refractivity contribution in [1.82, 2.24) is 10.2 Å². The van der Waals surface area contributed by atoms with E-state index in [0.29, 0.717) is 31.0 Å². The Morgan fingerprint density at radius 2 is 1.76 bits per heavy atom. The zero-order valence-electron chi connectivity index (χ0n) is 22.7. The number of nitrogens with one attached hydrogen (secondary N) is 1. The lowest BCUT2D eigenvalue weighted by molar-refractivity contribution is -0.184. The second kappa shape index (κ2) is 12.0. The zero-order valence-corrected chi connectivity index (χ0v) is 22.7. The molecule has 37 heavy (non-hydrogen) atoms. The third kappa shape index (κ3) is 7.02. The van der Waals surface area contributed by atoms with Crippen LogP contribution in [0.25, 0.3) is 0 Å². The Hall–Kier alpha value is -3.10. The summed E-state index contributed by atoms with van der Waals surface area (Å²) in [6.45, 7) is 10.7. The van der Waals surface area contributed by atoms with Crippen molar-refractivity contribution in [1.29, 1.82) is 0 Å². The van der Waals surface area contributed by atoms with Crippen LogP contribution in [-0.4, -0.2) is 60.5 Å². The van der Waals surface area contributed by atoms with Gasteiger partial charge in [-0.15, -0.1) is 0 Å². The molecule has 202 valence electrons. The molecule has 8 heteroatoms. The number of alkyl carbamates (subject to hydrolysis) is 1. The molecule has 2 amide bonds. The number of benzene rings is 2. The van der Waals surface area contributed by atoms with E-state index in [0.717, 1.165) is 24.0 Å². The van der Waals surface area contributed by atoms with Gasteiger partial charge in [0.15, 0.2) is 0 Å². The van der Waals surface area contributed by atoms with Crippen molar-refractivity contribution in [2.75, 3.05) is 26.8 Å². The lowest BCUT2D eigenvalue weighted by Gasteiger charge is -2.51. The first kappa shape index (κ1) is 28.5. The highest BCUT2D eigenvalue weighted by Crippen LogP contribution is 2.39. The maximum Gasteiger partial charge on any atom is 0.408 e. The summed E-state index contributed by atoms with van der Waals surface area (Å²) in [5, 5.41) is 13.9. The van der Waals surface area contributed by atoms with E-state index >= 15 is 0 Å². The maximum absolute atomic E-state index is 13.7. The summed E-state index contributed by atoms with van der Waals surface area (Å²) in [7, 11) is 1.55. The fourth-order valence-corrected chi connectivity index (χ4v) is 4.42. The van der Waals surface area contributed by atoms with Crippen molar-refractivity contribution >= 4 is 12.0 Å². The average molecular weight is 513 g/mol. The number of nitrogens with zero attached hydrogens (tertiary/aromatic N) is 1. The predicted molar refractivity (Wildman–Crippen MR) is 141 cm³/mol. The van der Waals surface area contributed by atoms with E-state index in [2.05, 4.69) is 12.2 Å². The second-order valence-corrected chi connectivity index (χ2v) is 10.6. The number of rotatable bonds is 10. The summed E-state index contributed by atoms with van der Waals surface area (Å²) in [5.74, 6) is 0.135. The van der Waals surface area contributed by atoms with E-state index < -0.39 is 35.3 Å². The van der Waals surface area contributed by atoms with Crippen LogP contribution in [0.5, 0.6) is 5.75 Å². The van der Waals surface area contributed by atoms with E-state index in [1.54, 1.807) is 36.3 Å². The van der Waals surface area contributed by atoms with Gasteiger partial charge >= 0.3 is 6.09 Å². The third-order valence-electron chi connectivity index (χ3n) is 6.41. The molecule has 0 spiro atoms. The molecule has 3 rings (SSSR count). The Bertz CT molecular complexity index is 1060. The minimum Gasteiger partial charge on any atom is -0.497 e. The van der Waals surface area contributed by atoms with Crippen LogP contribution in [-0.2, 0) is 19.9 Å². The average Bonchev–Trinajstić information content (AvgIpc) is 2.83. The molecule has 1 heterocycles. The van der Waals surface area contributed by atoms with Crippen LogP contribution in [0.4, 0.5) is 4.79 Å². The first-order valence-corrected chi connectivity index (χ1v) is 12.8. The molecular formula is C29H40N2O6. The number of unbranched alkanes of at least 4 members (excludes halogenated alkanes) is 1. The molecule has 0 aromatic heterocycles. The number of aliphatic hydroxyl groups excluding tert-OH is 1. The number of carbonyl (C=O) groups excluding carboxylic acids is 2. The van der Waals surface area contributed by atoms with Crippen LogP contribution in [0, 0.1) is 6.92 Å². The van der Waals surface area contributed by atoms with Gasteiger partial charge in [-0.05, 0) is 62.9 Å². The van der Waals surface area contributed by atoms with Crippen molar-refractivity contribution in [2.24, 2.45) is 0 Å². The Labute approximate surface area is 219 Å². The number of carbonyl (C=O) groups is 2. The molecule has 1 saturated heterocycles. The summed E-state index contributed by atoms with van der Waals surface area (Å²) in [4.78, 5) is 27.9. The topological polar surface area (TPSA) is 97.3 Å². The van der Waals surface area contributed by atoms with Crippen molar-refractivity contribution in [2.45, 2.75) is 70.8 Å². The summed E-state index contributed by atoms with van der Waals surface area (Å²) in [6.07, 6.45) is -1.65. The van der Waals surface area contributed by atoms with Crippen LogP contribution >= 0.6 is 0 Å². The summed E-state index contributed by atoms with van der Waals surface area (Å²) in [6, 6.07) is 14.7. The van der Waals surface area contributed by atoms with Gasteiger partial charge in [-0.2, -0.15) is 0 Å². The Morgan fingerprint density at radius 1 is 1.11 bits per heavy atom. The van der Waals surface area contributed by atoms with Crippen LogP contribution in [0.2, 0.25) is 0 Å². The maximum atomic E-state index is 13.7. The molecule has 0 radical (unpaired) electrons. The second-order valence-electron chi connectivity index (χ2n) is 10.6. The number of methoxy groups -OCH3 is 1. The number of amides is 2. The Morgan fingerprint density at radius 3 is 2.32 bits per heavy atom. The van der Waals surface area contributed by atoms with Gasteiger partial charge in [0.1, 0.15) is 17.5 Å². The van der Waals surface area contributed by atoms with E-state index in [4.69, 9.17) is 14.2 Å². The van der Waals surface area contributed by atoms with Gasteiger partial charge in [-0.1, -0.05) is 49.7 Å². The number of likely N-dealkylation sites (tertiary alicyclic amines) is 1. The van der Waals surface area contributed by atoms with Gasteiger partial charge in [0.05, 0.1) is 20.2 Å². The minimum absolute atomic E-state index is 0.302. The fraction of sp³-hybridized carbons (Fsp3) is 0.517. The van der Waals surface area contributed by atoms with E-state index in [1.807, 2.05) is 52.0 Å². The zero-order chi connectivity index (χ0) is 27.2. The number of hydrogen-bond acceptors (Lipinski definition) is 6. The molecule has 2 aromatic rings. The highest BCUT2D eigenvalue weighted by Gasteiger charge is 2.51. The number of aliphatic hydroxyl groups is 1. The van der Waals surface area contributed by atoms with Crippen LogP contribution < -0.4 is 10.1 Å². The molecule has 0 aliphatic carbocycles. The molecule has 2 atom stereocenters. The molecule has 1 aliphatic rings. The quantitative estimate of drug-likeness (QED) is 0.456. The molecule has 0 bridgehead atoms. The lowest BCUT2D eigenvalue weighted by Crippen LogP contribution is -2.65. The van der Waals surface area contributed by atoms with Gasteiger partial charge < -0.3 is 29.5 Å². The van der Waals surface area contributed by atoms with Gasteiger partial charge in [-0.3, -0.25) is 4.79 Å². The first-order valence-electron chi connectivity index (χ1n) is 12.8. The number of ether oxygens (including phenoxy) is 3. The largest absolute Gasteiger partial charge is 0.497 e. The molecule has 2 aromatic carbocycles. The molecule has 2 unspecified atom stereocenters.